The molecule has 2 unspecified atom stereocenters. The molecule has 0 aliphatic heterocycles. The molecule has 0 bridgehead atoms. The van der Waals surface area contributed by atoms with Crippen molar-refractivity contribution in [3.63, 3.8) is 0 Å². The second-order valence-electron chi connectivity index (χ2n) is 10.6. The van der Waals surface area contributed by atoms with Gasteiger partial charge in [-0.05, 0) is 44.1 Å². The van der Waals surface area contributed by atoms with Crippen LogP contribution in [0, 0.1) is 5.92 Å². The van der Waals surface area contributed by atoms with Crippen LogP contribution in [0.25, 0.3) is 22.6 Å². The fraction of sp³-hybridized carbons (Fsp3) is 0.343. The largest absolute Gasteiger partial charge is 0.326 e. The maximum absolute atomic E-state index is 5.36. The summed E-state index contributed by atoms with van der Waals surface area (Å²) in [5, 5.41) is 0. The summed E-state index contributed by atoms with van der Waals surface area (Å²) in [6.45, 7) is 7.48. The maximum atomic E-state index is 5.36. The van der Waals surface area contributed by atoms with E-state index < -0.39 is 0 Å². The summed E-state index contributed by atoms with van der Waals surface area (Å²) in [4.78, 5) is 8.05. The van der Waals surface area contributed by atoms with Gasteiger partial charge in [0.2, 0.25) is 0 Å². The minimum absolute atomic E-state index is 0.435. The van der Waals surface area contributed by atoms with Crippen LogP contribution in [-0.2, 0) is 19.6 Å². The Hall–Kier alpha value is -3.43. The van der Waals surface area contributed by atoms with E-state index in [2.05, 4.69) is 126 Å². The summed E-state index contributed by atoms with van der Waals surface area (Å²) in [7, 11) is 0. The number of unbranched alkanes of at least 4 members (excludes halogenated alkanes) is 1. The van der Waals surface area contributed by atoms with Crippen LogP contribution < -0.4 is 0 Å². The third kappa shape index (κ3) is 6.16. The van der Waals surface area contributed by atoms with Crippen molar-refractivity contribution in [2.45, 2.75) is 71.6 Å². The lowest BCUT2D eigenvalue weighted by atomic mass is 9.89. The number of hydrogen-bond acceptors (Lipinski definition) is 2. The Balaban J connectivity index is 1.61. The lowest BCUT2D eigenvalue weighted by molar-refractivity contribution is 0.145. The van der Waals surface area contributed by atoms with Crippen molar-refractivity contribution in [2.75, 3.05) is 0 Å². The number of hydrogen-bond donors (Lipinski definition) is 0. The van der Waals surface area contributed by atoms with Crippen molar-refractivity contribution in [1.29, 1.82) is 0 Å². The van der Waals surface area contributed by atoms with Crippen LogP contribution in [0.4, 0.5) is 0 Å². The third-order valence-corrected chi connectivity index (χ3v) is 7.96. The summed E-state index contributed by atoms with van der Waals surface area (Å²) in [5.41, 5.74) is 6.18. The number of allylic oxidation sites excluding steroid dienone is 1. The highest BCUT2D eigenvalue weighted by Crippen LogP contribution is 2.33. The molecule has 0 saturated heterocycles. The Kier molecular flexibility index (Phi) is 8.88. The fourth-order valence-electron chi connectivity index (χ4n) is 5.70. The van der Waals surface area contributed by atoms with E-state index in [0.29, 0.717) is 12.0 Å². The Bertz CT molecular complexity index is 1290. The molecule has 1 aliphatic carbocycles. The van der Waals surface area contributed by atoms with Gasteiger partial charge in [0, 0.05) is 36.8 Å². The van der Waals surface area contributed by atoms with E-state index in [4.69, 9.17) is 4.98 Å². The molecule has 0 N–H and O–H groups in total. The first-order valence-electron chi connectivity index (χ1n) is 14.4. The van der Waals surface area contributed by atoms with Gasteiger partial charge in [-0.15, -0.1) is 0 Å². The predicted molar refractivity (Wildman–Crippen MR) is 160 cm³/mol. The van der Waals surface area contributed by atoms with Gasteiger partial charge in [-0.25, -0.2) is 4.98 Å². The molecule has 196 valence electrons. The van der Waals surface area contributed by atoms with E-state index in [1.165, 1.54) is 41.6 Å². The van der Waals surface area contributed by atoms with Crippen LogP contribution >= 0.6 is 0 Å². The van der Waals surface area contributed by atoms with Crippen molar-refractivity contribution in [3.05, 3.63) is 114 Å². The highest BCUT2D eigenvalue weighted by Gasteiger charge is 2.27. The van der Waals surface area contributed by atoms with Gasteiger partial charge >= 0.3 is 0 Å². The Labute approximate surface area is 228 Å². The van der Waals surface area contributed by atoms with Crippen LogP contribution in [0.3, 0.4) is 0 Å². The number of rotatable bonds is 11. The first-order valence-corrected chi connectivity index (χ1v) is 14.4. The van der Waals surface area contributed by atoms with Crippen molar-refractivity contribution in [2.24, 2.45) is 5.92 Å². The lowest BCUT2D eigenvalue weighted by Gasteiger charge is -2.35. The summed E-state index contributed by atoms with van der Waals surface area (Å²) >= 11 is 0. The molecule has 0 saturated carbocycles. The molecule has 0 amide bonds. The van der Waals surface area contributed by atoms with Crippen LogP contribution in [0.2, 0.25) is 0 Å². The zero-order chi connectivity index (χ0) is 26.2. The number of nitrogens with zero attached hydrogens (tertiary/aromatic N) is 3. The van der Waals surface area contributed by atoms with Crippen molar-refractivity contribution >= 4 is 0 Å². The monoisotopic (exact) mass is 503 g/mol. The van der Waals surface area contributed by atoms with E-state index in [0.717, 1.165) is 44.0 Å². The molecule has 38 heavy (non-hydrogen) atoms. The fourth-order valence-corrected chi connectivity index (χ4v) is 5.70. The molecule has 0 fully saturated rings. The number of imidazole rings is 1. The van der Waals surface area contributed by atoms with Gasteiger partial charge in [-0.1, -0.05) is 116 Å². The molecule has 3 aromatic carbocycles. The zero-order valence-corrected chi connectivity index (χ0v) is 23.0. The van der Waals surface area contributed by atoms with Gasteiger partial charge < -0.3 is 4.57 Å². The van der Waals surface area contributed by atoms with Gasteiger partial charge in [0.1, 0.15) is 5.82 Å². The number of benzene rings is 3. The van der Waals surface area contributed by atoms with E-state index >= 15 is 0 Å². The summed E-state index contributed by atoms with van der Waals surface area (Å²) in [5.74, 6) is 1.66. The predicted octanol–water partition coefficient (Wildman–Crippen LogP) is 8.76. The van der Waals surface area contributed by atoms with Crippen molar-refractivity contribution in [1.82, 2.24) is 14.5 Å². The third-order valence-electron chi connectivity index (χ3n) is 7.96. The minimum Gasteiger partial charge on any atom is -0.326 e. The molecule has 0 radical (unpaired) electrons. The first kappa shape index (κ1) is 26.2. The molecule has 5 rings (SSSR count). The molecule has 1 aromatic heterocycles. The lowest BCUT2D eigenvalue weighted by Crippen LogP contribution is -2.38. The molecule has 1 aliphatic rings. The standard InChI is InChI=1S/C35H41N3/c1-3-4-25-38-33(34(31-21-13-7-14-22-31)36-35(38)32-23-15-8-16-24-32)27-37(26-29-17-9-5-10-18-29)28(2)30-19-11-6-12-20-30/h5,7-11,13-19,21-24,28,30H,3-4,6,12,20,25-27H2,1-2H3. The minimum atomic E-state index is 0.435. The molecule has 1 heterocycles. The Morgan fingerprint density at radius 2 is 1.53 bits per heavy atom. The van der Waals surface area contributed by atoms with Crippen molar-refractivity contribution in [3.8, 4) is 22.6 Å². The average Bonchev–Trinajstić information content (AvgIpc) is 3.35. The van der Waals surface area contributed by atoms with E-state index in [1.807, 2.05) is 0 Å². The van der Waals surface area contributed by atoms with Gasteiger partial charge in [0.05, 0.1) is 11.4 Å². The van der Waals surface area contributed by atoms with E-state index in [9.17, 15) is 0 Å². The topological polar surface area (TPSA) is 21.1 Å². The van der Waals surface area contributed by atoms with E-state index in [1.54, 1.807) is 0 Å². The van der Waals surface area contributed by atoms with Crippen LogP contribution in [0.15, 0.2) is 103 Å². The smallest absolute Gasteiger partial charge is 0.140 e. The summed E-state index contributed by atoms with van der Waals surface area (Å²) < 4.78 is 2.52. The second kappa shape index (κ2) is 12.9. The SMILES string of the molecule is CCCCn1c(-c2ccccc2)nc(-c2ccccc2)c1CN(Cc1ccccc1)C(C)C1C=CCCC1. The Morgan fingerprint density at radius 3 is 2.16 bits per heavy atom. The average molecular weight is 504 g/mol. The van der Waals surface area contributed by atoms with Crippen LogP contribution in [0.1, 0.15) is 57.2 Å². The highest BCUT2D eigenvalue weighted by molar-refractivity contribution is 5.68. The quantitative estimate of drug-likeness (QED) is 0.191. The first-order chi connectivity index (χ1) is 18.7. The van der Waals surface area contributed by atoms with Gasteiger partial charge in [0.25, 0.3) is 0 Å². The van der Waals surface area contributed by atoms with Gasteiger partial charge in [-0.3, -0.25) is 4.90 Å². The maximum Gasteiger partial charge on any atom is 0.140 e. The van der Waals surface area contributed by atoms with Gasteiger partial charge in [-0.2, -0.15) is 0 Å². The molecule has 4 aromatic rings. The summed E-state index contributed by atoms with van der Waals surface area (Å²) in [6.07, 6.45) is 10.9. The molecular formula is C35H41N3. The molecule has 0 spiro atoms. The molecule has 2 atom stereocenters. The second-order valence-corrected chi connectivity index (χ2v) is 10.6. The molecule has 3 nitrogen and oxygen atoms in total. The van der Waals surface area contributed by atoms with Crippen LogP contribution in [0.5, 0.6) is 0 Å². The number of aromatic nitrogens is 2. The van der Waals surface area contributed by atoms with Crippen LogP contribution in [-0.4, -0.2) is 20.5 Å². The van der Waals surface area contributed by atoms with Gasteiger partial charge in [0.15, 0.2) is 0 Å². The Morgan fingerprint density at radius 1 is 0.868 bits per heavy atom. The highest BCUT2D eigenvalue weighted by atomic mass is 15.2. The zero-order valence-electron chi connectivity index (χ0n) is 23.0. The molecule has 3 heteroatoms. The summed E-state index contributed by atoms with van der Waals surface area (Å²) in [6, 6.07) is 32.9. The van der Waals surface area contributed by atoms with E-state index in [-0.39, 0.29) is 0 Å². The normalized spacial score (nSPS) is 16.1. The van der Waals surface area contributed by atoms with Crippen molar-refractivity contribution < 1.29 is 0 Å². The molecular weight excluding hydrogens is 462 g/mol.